The summed E-state index contributed by atoms with van der Waals surface area (Å²) < 4.78 is 10.9. The summed E-state index contributed by atoms with van der Waals surface area (Å²) in [4.78, 5) is 14.2. The van der Waals surface area contributed by atoms with Crippen molar-refractivity contribution in [1.29, 1.82) is 0 Å². The van der Waals surface area contributed by atoms with Crippen LogP contribution in [0.4, 0.5) is 0 Å². The van der Waals surface area contributed by atoms with Crippen molar-refractivity contribution >= 4 is 41.3 Å². The average Bonchev–Trinajstić information content (AvgIpc) is 3.36. The number of halogens is 1. The third kappa shape index (κ3) is 5.98. The van der Waals surface area contributed by atoms with Crippen molar-refractivity contribution in [2.45, 2.75) is 26.8 Å². The summed E-state index contributed by atoms with van der Waals surface area (Å²) in [6, 6.07) is 6.24. The molecule has 30 heavy (non-hydrogen) atoms. The van der Waals surface area contributed by atoms with Crippen molar-refractivity contribution in [3.05, 3.63) is 39.8 Å². The topological polar surface area (TPSA) is 62.2 Å². The second kappa shape index (κ2) is 11.1. The maximum atomic E-state index is 5.50. The zero-order valence-corrected chi connectivity index (χ0v) is 20.7. The first kappa shape index (κ1) is 23.1. The molecule has 1 saturated heterocycles. The van der Waals surface area contributed by atoms with E-state index >= 15 is 0 Å². The molecular weight excluding hydrogens is 513 g/mol. The highest BCUT2D eigenvalue weighted by molar-refractivity contribution is 14.0. The van der Waals surface area contributed by atoms with Crippen LogP contribution in [0.3, 0.4) is 0 Å². The standard InChI is InChI=1S/C21H29N5O2S.HI/c1-3-22-21(23-7-6-18-14-29-16(2)24-18)26-10-8-25(9-11-26)13-17-4-5-19-20(12-17)28-15-27-19;/h4-5,12,14H,3,6-11,13,15H2,1-2H3,(H,22,23);1H. The minimum Gasteiger partial charge on any atom is -0.454 e. The number of rotatable bonds is 6. The van der Waals surface area contributed by atoms with Crippen LogP contribution in [-0.2, 0) is 13.0 Å². The largest absolute Gasteiger partial charge is 0.454 e. The van der Waals surface area contributed by atoms with Gasteiger partial charge in [0, 0.05) is 57.6 Å². The van der Waals surface area contributed by atoms with Gasteiger partial charge in [0.1, 0.15) is 0 Å². The fourth-order valence-electron chi connectivity index (χ4n) is 3.64. The lowest BCUT2D eigenvalue weighted by Gasteiger charge is -2.36. The molecule has 7 nitrogen and oxygen atoms in total. The molecule has 0 spiro atoms. The van der Waals surface area contributed by atoms with E-state index in [2.05, 4.69) is 44.5 Å². The third-order valence-corrected chi connectivity index (χ3v) is 5.97. The number of guanidine groups is 1. The van der Waals surface area contributed by atoms with Gasteiger partial charge in [-0.15, -0.1) is 35.3 Å². The number of aromatic nitrogens is 1. The molecule has 9 heteroatoms. The zero-order valence-electron chi connectivity index (χ0n) is 17.6. The Balaban J connectivity index is 0.00000256. The van der Waals surface area contributed by atoms with E-state index in [1.807, 2.05) is 13.0 Å². The van der Waals surface area contributed by atoms with Gasteiger partial charge in [0.05, 0.1) is 10.7 Å². The second-order valence-electron chi connectivity index (χ2n) is 7.29. The monoisotopic (exact) mass is 543 g/mol. The lowest BCUT2D eigenvalue weighted by molar-refractivity contribution is 0.171. The summed E-state index contributed by atoms with van der Waals surface area (Å²) in [5, 5.41) is 6.70. The van der Waals surface area contributed by atoms with Crippen molar-refractivity contribution in [3.8, 4) is 11.5 Å². The molecule has 0 bridgehead atoms. The van der Waals surface area contributed by atoms with Crippen LogP contribution >= 0.6 is 35.3 Å². The van der Waals surface area contributed by atoms with Crippen LogP contribution in [0.25, 0.3) is 0 Å². The van der Waals surface area contributed by atoms with E-state index in [1.165, 1.54) is 5.56 Å². The van der Waals surface area contributed by atoms with E-state index in [4.69, 9.17) is 14.5 Å². The third-order valence-electron chi connectivity index (χ3n) is 5.15. The number of piperazine rings is 1. The van der Waals surface area contributed by atoms with Crippen molar-refractivity contribution in [2.24, 2.45) is 4.99 Å². The molecule has 1 fully saturated rings. The Hall–Kier alpha value is -1.59. The highest BCUT2D eigenvalue weighted by atomic mass is 127. The van der Waals surface area contributed by atoms with E-state index in [0.717, 1.165) is 80.4 Å². The predicted octanol–water partition coefficient (Wildman–Crippen LogP) is 3.12. The van der Waals surface area contributed by atoms with Gasteiger partial charge in [-0.1, -0.05) is 6.07 Å². The number of nitrogens with one attached hydrogen (secondary N) is 1. The fraction of sp³-hybridized carbons (Fsp3) is 0.524. The Morgan fingerprint density at radius 2 is 2.00 bits per heavy atom. The van der Waals surface area contributed by atoms with Crippen LogP contribution in [0.15, 0.2) is 28.6 Å². The van der Waals surface area contributed by atoms with Gasteiger partial charge >= 0.3 is 0 Å². The number of ether oxygens (including phenoxy) is 2. The van der Waals surface area contributed by atoms with Crippen LogP contribution in [-0.4, -0.2) is 66.8 Å². The van der Waals surface area contributed by atoms with Crippen LogP contribution in [0.1, 0.15) is 23.2 Å². The van der Waals surface area contributed by atoms with Gasteiger partial charge in [-0.3, -0.25) is 9.89 Å². The normalized spacial score (nSPS) is 16.5. The molecule has 0 radical (unpaired) electrons. The van der Waals surface area contributed by atoms with Gasteiger partial charge in [0.2, 0.25) is 6.79 Å². The van der Waals surface area contributed by atoms with Gasteiger partial charge in [-0.2, -0.15) is 0 Å². The molecule has 1 N–H and O–H groups in total. The lowest BCUT2D eigenvalue weighted by Crippen LogP contribution is -2.52. The highest BCUT2D eigenvalue weighted by Crippen LogP contribution is 2.32. The molecule has 2 aliphatic rings. The fourth-order valence-corrected chi connectivity index (χ4v) is 4.29. The lowest BCUT2D eigenvalue weighted by atomic mass is 10.1. The SMILES string of the molecule is CCNC(=NCCc1csc(C)n1)N1CCN(Cc2ccc3c(c2)OCO3)CC1.I. The van der Waals surface area contributed by atoms with Crippen molar-refractivity contribution in [1.82, 2.24) is 20.1 Å². The number of aliphatic imine (C=N–C) groups is 1. The van der Waals surface area contributed by atoms with Crippen LogP contribution in [0.2, 0.25) is 0 Å². The highest BCUT2D eigenvalue weighted by Gasteiger charge is 2.21. The summed E-state index contributed by atoms with van der Waals surface area (Å²) in [6.07, 6.45) is 0.892. The number of hydrogen-bond donors (Lipinski definition) is 1. The summed E-state index contributed by atoms with van der Waals surface area (Å²) in [7, 11) is 0. The van der Waals surface area contributed by atoms with Crippen LogP contribution in [0, 0.1) is 6.92 Å². The van der Waals surface area contributed by atoms with Gasteiger partial charge < -0.3 is 19.7 Å². The molecule has 0 atom stereocenters. The smallest absolute Gasteiger partial charge is 0.231 e. The Morgan fingerprint density at radius 3 is 2.73 bits per heavy atom. The average molecular weight is 543 g/mol. The van der Waals surface area contributed by atoms with Crippen LogP contribution in [0.5, 0.6) is 11.5 Å². The van der Waals surface area contributed by atoms with E-state index in [9.17, 15) is 0 Å². The number of fused-ring (bicyclic) bond motifs is 1. The Labute approximate surface area is 199 Å². The molecule has 3 heterocycles. The Bertz CT molecular complexity index is 852. The number of thiazole rings is 1. The van der Waals surface area contributed by atoms with Crippen LogP contribution < -0.4 is 14.8 Å². The maximum Gasteiger partial charge on any atom is 0.231 e. The minimum absolute atomic E-state index is 0. The number of benzene rings is 1. The summed E-state index contributed by atoms with van der Waals surface area (Å²) in [5.41, 5.74) is 2.41. The molecule has 0 aliphatic carbocycles. The predicted molar refractivity (Wildman–Crippen MR) is 131 cm³/mol. The summed E-state index contributed by atoms with van der Waals surface area (Å²) in [5.74, 6) is 2.72. The van der Waals surface area contributed by atoms with E-state index in [1.54, 1.807) is 11.3 Å². The molecule has 1 aromatic carbocycles. The molecule has 164 valence electrons. The molecule has 2 aromatic rings. The number of aryl methyl sites for hydroxylation is 1. The van der Waals surface area contributed by atoms with Crippen molar-refractivity contribution in [3.63, 3.8) is 0 Å². The molecular formula is C21H30IN5O2S. The van der Waals surface area contributed by atoms with Gasteiger partial charge in [0.15, 0.2) is 17.5 Å². The number of nitrogens with zero attached hydrogens (tertiary/aromatic N) is 4. The first-order valence-electron chi connectivity index (χ1n) is 10.3. The molecule has 0 amide bonds. The van der Waals surface area contributed by atoms with E-state index < -0.39 is 0 Å². The van der Waals surface area contributed by atoms with Crippen molar-refractivity contribution < 1.29 is 9.47 Å². The van der Waals surface area contributed by atoms with Gasteiger partial charge in [-0.05, 0) is 31.5 Å². The van der Waals surface area contributed by atoms with E-state index in [0.29, 0.717) is 6.79 Å². The molecule has 0 saturated carbocycles. The molecule has 4 rings (SSSR count). The first-order valence-corrected chi connectivity index (χ1v) is 11.1. The molecule has 2 aliphatic heterocycles. The zero-order chi connectivity index (χ0) is 20.1. The summed E-state index contributed by atoms with van der Waals surface area (Å²) in [6.45, 7) is 11.1. The maximum absolute atomic E-state index is 5.50. The molecule has 0 unspecified atom stereocenters. The van der Waals surface area contributed by atoms with E-state index in [-0.39, 0.29) is 24.0 Å². The first-order chi connectivity index (χ1) is 14.2. The van der Waals surface area contributed by atoms with Crippen molar-refractivity contribution in [2.75, 3.05) is 46.1 Å². The number of hydrogen-bond acceptors (Lipinski definition) is 6. The van der Waals surface area contributed by atoms with Gasteiger partial charge in [-0.25, -0.2) is 4.98 Å². The minimum atomic E-state index is 0. The summed E-state index contributed by atoms with van der Waals surface area (Å²) >= 11 is 1.70. The second-order valence-corrected chi connectivity index (χ2v) is 8.36. The molecule has 1 aromatic heterocycles. The Kier molecular flexibility index (Phi) is 8.58. The van der Waals surface area contributed by atoms with Gasteiger partial charge in [0.25, 0.3) is 0 Å². The quantitative estimate of drug-likeness (QED) is 0.344. The Morgan fingerprint density at radius 1 is 1.20 bits per heavy atom.